The standard InChI is InChI=1S/C27H29ClN2O2/c1-3-32-27(31)21-8-11-24(12-9-21)30-16-14-29(15-17-30)19-22-6-4-5-7-26(22)25-13-10-23(28)18-20(25)2/h4-13,18H,3,14-17,19H2,1-2H3. The molecular formula is C27H29ClN2O2. The summed E-state index contributed by atoms with van der Waals surface area (Å²) in [6, 6.07) is 22.5. The Morgan fingerprint density at radius 3 is 2.34 bits per heavy atom. The van der Waals surface area contributed by atoms with Crippen LogP contribution in [-0.4, -0.2) is 43.7 Å². The molecule has 3 aromatic rings. The molecule has 0 bridgehead atoms. The third kappa shape index (κ3) is 5.14. The van der Waals surface area contributed by atoms with Gasteiger partial charge in [-0.2, -0.15) is 0 Å². The van der Waals surface area contributed by atoms with Crippen molar-refractivity contribution >= 4 is 23.3 Å². The van der Waals surface area contributed by atoms with Crippen LogP contribution in [0.1, 0.15) is 28.4 Å². The van der Waals surface area contributed by atoms with Crippen LogP contribution in [-0.2, 0) is 11.3 Å². The van der Waals surface area contributed by atoms with Crippen molar-refractivity contribution in [1.29, 1.82) is 0 Å². The lowest BCUT2D eigenvalue weighted by Crippen LogP contribution is -2.46. The summed E-state index contributed by atoms with van der Waals surface area (Å²) < 4.78 is 5.07. The van der Waals surface area contributed by atoms with Crippen molar-refractivity contribution in [3.8, 4) is 11.1 Å². The topological polar surface area (TPSA) is 32.8 Å². The van der Waals surface area contributed by atoms with Crippen LogP contribution in [0.15, 0.2) is 66.7 Å². The van der Waals surface area contributed by atoms with E-state index in [9.17, 15) is 4.79 Å². The Hall–Kier alpha value is -2.82. The van der Waals surface area contributed by atoms with Crippen molar-refractivity contribution in [2.75, 3.05) is 37.7 Å². The number of nitrogens with zero attached hydrogens (tertiary/aromatic N) is 2. The van der Waals surface area contributed by atoms with Crippen molar-refractivity contribution in [3.63, 3.8) is 0 Å². The molecule has 0 unspecified atom stereocenters. The quantitative estimate of drug-likeness (QED) is 0.445. The lowest BCUT2D eigenvalue weighted by atomic mass is 9.95. The van der Waals surface area contributed by atoms with Gasteiger partial charge in [0.05, 0.1) is 12.2 Å². The van der Waals surface area contributed by atoms with E-state index < -0.39 is 0 Å². The molecule has 4 nitrogen and oxygen atoms in total. The lowest BCUT2D eigenvalue weighted by molar-refractivity contribution is 0.0526. The maximum atomic E-state index is 11.9. The summed E-state index contributed by atoms with van der Waals surface area (Å²) in [7, 11) is 0. The third-order valence-corrected chi connectivity index (χ3v) is 6.24. The van der Waals surface area contributed by atoms with Crippen LogP contribution in [0.3, 0.4) is 0 Å². The van der Waals surface area contributed by atoms with E-state index in [1.54, 1.807) is 0 Å². The molecule has 166 valence electrons. The van der Waals surface area contributed by atoms with E-state index in [2.05, 4.69) is 47.1 Å². The average molecular weight is 449 g/mol. The number of ether oxygens (including phenoxy) is 1. The van der Waals surface area contributed by atoms with Crippen LogP contribution >= 0.6 is 11.6 Å². The highest BCUT2D eigenvalue weighted by Crippen LogP contribution is 2.30. The number of carbonyl (C=O) groups is 1. The molecule has 0 radical (unpaired) electrons. The molecule has 1 heterocycles. The van der Waals surface area contributed by atoms with Gasteiger partial charge >= 0.3 is 5.97 Å². The fraction of sp³-hybridized carbons (Fsp3) is 0.296. The molecule has 0 amide bonds. The normalized spacial score (nSPS) is 14.4. The summed E-state index contributed by atoms with van der Waals surface area (Å²) in [5, 5.41) is 0.773. The van der Waals surface area contributed by atoms with Crippen molar-refractivity contribution in [2.45, 2.75) is 20.4 Å². The molecule has 1 aliphatic heterocycles. The van der Waals surface area contributed by atoms with E-state index in [1.165, 1.54) is 22.3 Å². The summed E-state index contributed by atoms with van der Waals surface area (Å²) in [6.07, 6.45) is 0. The van der Waals surface area contributed by atoms with Crippen molar-refractivity contribution in [1.82, 2.24) is 4.90 Å². The van der Waals surface area contributed by atoms with Gasteiger partial charge in [0.15, 0.2) is 0 Å². The Morgan fingerprint density at radius 1 is 0.938 bits per heavy atom. The Balaban J connectivity index is 1.40. The molecule has 1 saturated heterocycles. The minimum absolute atomic E-state index is 0.265. The molecule has 0 aliphatic carbocycles. The smallest absolute Gasteiger partial charge is 0.338 e. The van der Waals surface area contributed by atoms with E-state index in [0.717, 1.165) is 43.4 Å². The van der Waals surface area contributed by atoms with E-state index >= 15 is 0 Å². The summed E-state index contributed by atoms with van der Waals surface area (Å²) in [5.41, 5.74) is 6.80. The molecule has 5 heteroatoms. The first kappa shape index (κ1) is 22.4. The van der Waals surface area contributed by atoms with Crippen molar-refractivity contribution < 1.29 is 9.53 Å². The third-order valence-electron chi connectivity index (χ3n) is 6.01. The van der Waals surface area contributed by atoms with Gasteiger partial charge in [-0.15, -0.1) is 0 Å². The molecule has 0 saturated carbocycles. The highest BCUT2D eigenvalue weighted by molar-refractivity contribution is 6.30. The second-order valence-electron chi connectivity index (χ2n) is 8.15. The minimum Gasteiger partial charge on any atom is -0.462 e. The second kappa shape index (κ2) is 10.2. The van der Waals surface area contributed by atoms with E-state index in [-0.39, 0.29) is 5.97 Å². The predicted octanol–water partition coefficient (Wildman–Crippen LogP) is 5.81. The predicted molar refractivity (Wildman–Crippen MR) is 132 cm³/mol. The Bertz CT molecular complexity index is 1070. The highest BCUT2D eigenvalue weighted by atomic mass is 35.5. The fourth-order valence-electron chi connectivity index (χ4n) is 4.28. The number of rotatable bonds is 6. The van der Waals surface area contributed by atoms with Crippen LogP contribution in [0, 0.1) is 6.92 Å². The number of hydrogen-bond acceptors (Lipinski definition) is 4. The molecule has 4 rings (SSSR count). The number of piperazine rings is 1. The zero-order chi connectivity index (χ0) is 22.5. The van der Waals surface area contributed by atoms with E-state index in [4.69, 9.17) is 16.3 Å². The number of hydrogen-bond donors (Lipinski definition) is 0. The monoisotopic (exact) mass is 448 g/mol. The van der Waals surface area contributed by atoms with Gasteiger partial charge in [0.1, 0.15) is 0 Å². The molecule has 1 fully saturated rings. The Morgan fingerprint density at radius 2 is 1.66 bits per heavy atom. The van der Waals surface area contributed by atoms with Gasteiger partial charge in [-0.25, -0.2) is 4.79 Å². The maximum Gasteiger partial charge on any atom is 0.338 e. The second-order valence-corrected chi connectivity index (χ2v) is 8.58. The zero-order valence-corrected chi connectivity index (χ0v) is 19.4. The number of anilines is 1. The van der Waals surface area contributed by atoms with Gasteiger partial charge in [-0.1, -0.05) is 41.9 Å². The largest absolute Gasteiger partial charge is 0.462 e. The summed E-state index contributed by atoms with van der Waals surface area (Å²) in [6.45, 7) is 9.16. The molecular weight excluding hydrogens is 420 g/mol. The SMILES string of the molecule is CCOC(=O)c1ccc(N2CCN(Cc3ccccc3-c3ccc(Cl)cc3C)CC2)cc1. The highest BCUT2D eigenvalue weighted by Gasteiger charge is 2.19. The van der Waals surface area contributed by atoms with Crippen LogP contribution in [0.4, 0.5) is 5.69 Å². The minimum atomic E-state index is -0.265. The maximum absolute atomic E-state index is 11.9. The first-order valence-electron chi connectivity index (χ1n) is 11.1. The van der Waals surface area contributed by atoms with E-state index in [1.807, 2.05) is 43.3 Å². The number of aryl methyl sites for hydroxylation is 1. The number of esters is 1. The lowest BCUT2D eigenvalue weighted by Gasteiger charge is -2.36. The van der Waals surface area contributed by atoms with Gasteiger partial charge in [0.25, 0.3) is 0 Å². The van der Waals surface area contributed by atoms with Gasteiger partial charge in [0.2, 0.25) is 0 Å². The molecule has 0 atom stereocenters. The average Bonchev–Trinajstić information content (AvgIpc) is 2.81. The van der Waals surface area contributed by atoms with Gasteiger partial charge < -0.3 is 9.64 Å². The van der Waals surface area contributed by atoms with Gasteiger partial charge in [0, 0.05) is 43.4 Å². The number of benzene rings is 3. The van der Waals surface area contributed by atoms with Crippen molar-refractivity contribution in [2.24, 2.45) is 0 Å². The summed E-state index contributed by atoms with van der Waals surface area (Å²) >= 11 is 6.17. The fourth-order valence-corrected chi connectivity index (χ4v) is 4.50. The molecule has 0 spiro atoms. The van der Waals surface area contributed by atoms with Crippen molar-refractivity contribution in [3.05, 3.63) is 88.4 Å². The summed E-state index contributed by atoms with van der Waals surface area (Å²) in [4.78, 5) is 16.8. The first-order chi connectivity index (χ1) is 15.5. The van der Waals surface area contributed by atoms with Crippen LogP contribution in [0.25, 0.3) is 11.1 Å². The Kier molecular flexibility index (Phi) is 7.13. The molecule has 3 aromatic carbocycles. The molecule has 1 aliphatic rings. The molecule has 0 N–H and O–H groups in total. The molecule has 32 heavy (non-hydrogen) atoms. The zero-order valence-electron chi connectivity index (χ0n) is 18.7. The van der Waals surface area contributed by atoms with Gasteiger partial charge in [-0.05, 0) is 72.5 Å². The number of carbonyl (C=O) groups excluding carboxylic acids is 1. The van der Waals surface area contributed by atoms with Crippen LogP contribution in [0.2, 0.25) is 5.02 Å². The summed E-state index contributed by atoms with van der Waals surface area (Å²) in [5.74, 6) is -0.265. The Labute approximate surface area is 195 Å². The van der Waals surface area contributed by atoms with Gasteiger partial charge in [-0.3, -0.25) is 4.90 Å². The van der Waals surface area contributed by atoms with Crippen LogP contribution < -0.4 is 4.90 Å². The van der Waals surface area contributed by atoms with Crippen LogP contribution in [0.5, 0.6) is 0 Å². The number of halogens is 1. The van der Waals surface area contributed by atoms with E-state index in [0.29, 0.717) is 12.2 Å². The molecule has 0 aromatic heterocycles. The first-order valence-corrected chi connectivity index (χ1v) is 11.5.